The highest BCUT2D eigenvalue weighted by Crippen LogP contribution is 2.57. The number of allylic oxidation sites excluding steroid dienone is 7. The van der Waals surface area contributed by atoms with Crippen molar-refractivity contribution in [3.63, 3.8) is 0 Å². The summed E-state index contributed by atoms with van der Waals surface area (Å²) in [5.41, 5.74) is -8.73. The van der Waals surface area contributed by atoms with Gasteiger partial charge in [0.25, 0.3) is 11.4 Å². The fraction of sp³-hybridized carbons (Fsp3) is 0. The van der Waals surface area contributed by atoms with E-state index in [-0.39, 0.29) is 22.3 Å². The molecule has 0 aliphatic heterocycles. The molecule has 2 aliphatic rings. The van der Waals surface area contributed by atoms with Crippen LogP contribution in [0.3, 0.4) is 0 Å². The van der Waals surface area contributed by atoms with Crippen LogP contribution in [0.5, 0.6) is 0 Å². The highest BCUT2D eigenvalue weighted by Gasteiger charge is 2.41. The molecule has 0 saturated heterocycles. The molecule has 9 nitrogen and oxygen atoms in total. The van der Waals surface area contributed by atoms with Gasteiger partial charge in [0.05, 0.1) is 61.2 Å². The Hall–Kier alpha value is -8.25. The number of halogens is 4. The molecule has 0 radical (unpaired) electrons. The number of rotatable bonds is 2. The van der Waals surface area contributed by atoms with Crippen LogP contribution in [0.15, 0.2) is 41.7 Å². The molecule has 48 heavy (non-hydrogen) atoms. The number of nitrogens with zero attached hydrogens (tertiary/aromatic N) is 9. The van der Waals surface area contributed by atoms with Crippen molar-refractivity contribution in [3.05, 3.63) is 155 Å². The molecular formula is C35H5F4N9. The summed E-state index contributed by atoms with van der Waals surface area (Å²) in [6, 6.07) is 12.1. The number of fused-ring (bicyclic) bond motifs is 2. The molecule has 218 valence electrons. The highest BCUT2D eigenvalue weighted by atomic mass is 19.2. The smallest absolute Gasteiger partial charge is 0.237 e. The van der Waals surface area contributed by atoms with Crippen molar-refractivity contribution in [2.75, 3.05) is 0 Å². The summed E-state index contributed by atoms with van der Waals surface area (Å²) in [4.78, 5) is 12.8. The lowest BCUT2D eigenvalue weighted by Gasteiger charge is -2.14. The van der Waals surface area contributed by atoms with Gasteiger partial charge >= 0.3 is 0 Å². The van der Waals surface area contributed by atoms with Gasteiger partial charge in [0.15, 0.2) is 11.5 Å². The summed E-state index contributed by atoms with van der Waals surface area (Å²) in [7, 11) is 0. The van der Waals surface area contributed by atoms with Gasteiger partial charge in [0.1, 0.15) is 29.6 Å². The van der Waals surface area contributed by atoms with E-state index in [4.69, 9.17) is 26.3 Å². The Morgan fingerprint density at radius 1 is 0.562 bits per heavy atom. The predicted molar refractivity (Wildman–Crippen MR) is 159 cm³/mol. The lowest BCUT2D eigenvalue weighted by Crippen LogP contribution is -2.01. The number of benzene rings is 3. The molecule has 0 aromatic heterocycles. The second-order valence-electron chi connectivity index (χ2n) is 9.62. The first-order chi connectivity index (χ1) is 23.1. The number of hydrogen-bond acceptors (Lipinski definition) is 5. The standard InChI is InChI=1S/C35H5F4N9/c1-45-25-9-24(38)23(37)8-19(25)31-29(26(13-43)46-2)20-6-18-21(12-42)28(17-7-22(36)16(11-41)5-15(17)10-40)33(27(14-44)47-3)30(18)34(39)32(20)35(31)48-4/h5-9H/b29-26-,33-27-. The van der Waals surface area contributed by atoms with Gasteiger partial charge in [-0.2, -0.15) is 15.8 Å². The molecule has 0 atom stereocenters. The van der Waals surface area contributed by atoms with Gasteiger partial charge in [-0.3, -0.25) is 0 Å². The minimum Gasteiger partial charge on any atom is -0.237 e. The average molecular weight is 627 g/mol. The molecule has 2 aliphatic carbocycles. The Bertz CT molecular complexity index is 2610. The van der Waals surface area contributed by atoms with Crippen LogP contribution < -0.4 is 0 Å². The molecule has 0 bridgehead atoms. The van der Waals surface area contributed by atoms with E-state index < -0.39 is 96.2 Å². The number of nitriles is 5. The van der Waals surface area contributed by atoms with Gasteiger partial charge in [-0.05, 0) is 58.2 Å². The normalized spacial score (nSPS) is 14.4. The quantitative estimate of drug-likeness (QED) is 0.161. The zero-order valence-electron chi connectivity index (χ0n) is 23.4. The van der Waals surface area contributed by atoms with Crippen molar-refractivity contribution in [1.29, 1.82) is 26.3 Å². The predicted octanol–water partition coefficient (Wildman–Crippen LogP) is 8.09. The third-order valence-electron chi connectivity index (χ3n) is 7.46. The summed E-state index contributed by atoms with van der Waals surface area (Å²) < 4.78 is 60.8. The van der Waals surface area contributed by atoms with E-state index in [1.54, 1.807) is 24.3 Å². The molecule has 0 saturated carbocycles. The third-order valence-corrected chi connectivity index (χ3v) is 7.46. The summed E-state index contributed by atoms with van der Waals surface area (Å²) in [6.45, 7) is 30.7. The molecule has 0 unspecified atom stereocenters. The van der Waals surface area contributed by atoms with Crippen LogP contribution in [-0.4, -0.2) is 0 Å². The first kappa shape index (κ1) is 31.2. The summed E-state index contributed by atoms with van der Waals surface area (Å²) >= 11 is 0. The molecule has 0 N–H and O–H groups in total. The van der Waals surface area contributed by atoms with Crippen molar-refractivity contribution in [3.8, 4) is 30.3 Å². The van der Waals surface area contributed by atoms with Crippen LogP contribution in [0.2, 0.25) is 0 Å². The van der Waals surface area contributed by atoms with Crippen molar-refractivity contribution >= 4 is 39.2 Å². The molecular weight excluding hydrogens is 622 g/mol. The molecule has 13 heteroatoms. The zero-order valence-corrected chi connectivity index (χ0v) is 23.4. The van der Waals surface area contributed by atoms with Crippen LogP contribution in [0, 0.1) is 106 Å². The lowest BCUT2D eigenvalue weighted by atomic mass is 9.89. The SMILES string of the molecule is [C-]#[N+]C1=C(c2cc(F)c(F)cc2[N+]#[C-])/C(=C(/C#N)[N+]#[C-])c2cc3c(c(F)c21)/C(=C(/C#N)[N+]#[C-])C(c1cc(F)c(C#N)cc1C#N)=C3C#N. The van der Waals surface area contributed by atoms with Crippen LogP contribution in [0.1, 0.15) is 44.5 Å². The van der Waals surface area contributed by atoms with Crippen LogP contribution >= 0.6 is 0 Å². The Balaban J connectivity index is 2.03. The maximum Gasteiger partial charge on any atom is 0.270 e. The fourth-order valence-corrected chi connectivity index (χ4v) is 5.59. The summed E-state index contributed by atoms with van der Waals surface area (Å²) in [6.07, 6.45) is 0. The van der Waals surface area contributed by atoms with Crippen LogP contribution in [-0.2, 0) is 0 Å². The highest BCUT2D eigenvalue weighted by molar-refractivity contribution is 6.29. The van der Waals surface area contributed by atoms with Crippen LogP contribution in [0.25, 0.3) is 52.9 Å². The molecule has 0 fully saturated rings. The first-order valence-corrected chi connectivity index (χ1v) is 12.8. The second-order valence-corrected chi connectivity index (χ2v) is 9.62. The number of hydrogen-bond donors (Lipinski definition) is 0. The fourth-order valence-electron chi connectivity index (χ4n) is 5.59. The lowest BCUT2D eigenvalue weighted by molar-refractivity contribution is 0.509. The molecule has 0 spiro atoms. The summed E-state index contributed by atoms with van der Waals surface area (Å²) in [5, 5.41) is 49.3. The Kier molecular flexibility index (Phi) is 7.59. The van der Waals surface area contributed by atoms with E-state index in [1.165, 1.54) is 0 Å². The van der Waals surface area contributed by atoms with E-state index in [0.29, 0.717) is 12.1 Å². The van der Waals surface area contributed by atoms with E-state index in [0.717, 1.165) is 18.2 Å². The average Bonchev–Trinajstić information content (AvgIpc) is 3.60. The van der Waals surface area contributed by atoms with Crippen molar-refractivity contribution < 1.29 is 17.6 Å². The van der Waals surface area contributed by atoms with Gasteiger partial charge in [-0.15, -0.1) is 0 Å². The molecule has 3 aromatic rings. The van der Waals surface area contributed by atoms with Crippen molar-refractivity contribution in [2.24, 2.45) is 0 Å². The minimum absolute atomic E-state index is 0.343. The minimum atomic E-state index is -1.46. The third kappa shape index (κ3) is 4.23. The van der Waals surface area contributed by atoms with E-state index in [1.807, 2.05) is 6.07 Å². The van der Waals surface area contributed by atoms with Gasteiger partial charge in [-0.1, -0.05) is 0 Å². The van der Waals surface area contributed by atoms with E-state index >= 15 is 4.39 Å². The van der Waals surface area contributed by atoms with Gasteiger partial charge in [-0.25, -0.2) is 47.5 Å². The Labute approximate surface area is 268 Å². The van der Waals surface area contributed by atoms with Gasteiger partial charge in [0, 0.05) is 27.8 Å². The molecule has 0 heterocycles. The van der Waals surface area contributed by atoms with E-state index in [9.17, 15) is 39.5 Å². The second kappa shape index (κ2) is 11.7. The monoisotopic (exact) mass is 627 g/mol. The first-order valence-electron chi connectivity index (χ1n) is 12.8. The van der Waals surface area contributed by atoms with Gasteiger partial charge in [0.2, 0.25) is 5.70 Å². The van der Waals surface area contributed by atoms with Gasteiger partial charge < -0.3 is 0 Å². The van der Waals surface area contributed by atoms with E-state index in [2.05, 4.69) is 19.4 Å². The van der Waals surface area contributed by atoms with Crippen molar-refractivity contribution in [2.45, 2.75) is 0 Å². The summed E-state index contributed by atoms with van der Waals surface area (Å²) in [5.74, 6) is -5.37. The Morgan fingerprint density at radius 3 is 1.71 bits per heavy atom. The maximum atomic E-state index is 17.1. The topological polar surface area (TPSA) is 136 Å². The largest absolute Gasteiger partial charge is 0.270 e. The Morgan fingerprint density at radius 2 is 1.17 bits per heavy atom. The van der Waals surface area contributed by atoms with Crippen LogP contribution in [0.4, 0.5) is 23.2 Å². The molecule has 3 aromatic carbocycles. The zero-order chi connectivity index (χ0) is 35.0. The maximum absolute atomic E-state index is 17.1. The molecule has 5 rings (SSSR count). The van der Waals surface area contributed by atoms with Crippen molar-refractivity contribution in [1.82, 2.24) is 0 Å². The molecule has 0 amide bonds.